The second-order valence-electron chi connectivity index (χ2n) is 5.08. The highest BCUT2D eigenvalue weighted by molar-refractivity contribution is 6.17. The number of rotatable bonds is 3. The monoisotopic (exact) mass is 289 g/mol. The number of Topliss-reactive ketones (excluding diaryl/α,β-unsaturated/α-hetero) is 1. The lowest BCUT2D eigenvalue weighted by Gasteiger charge is -2.10. The van der Waals surface area contributed by atoms with E-state index in [1.54, 1.807) is 12.1 Å². The van der Waals surface area contributed by atoms with Crippen LogP contribution in [0.25, 0.3) is 10.8 Å². The molecule has 0 saturated carbocycles. The number of nitrogens with one attached hydrogen (secondary N) is 1. The van der Waals surface area contributed by atoms with Crippen molar-refractivity contribution in [3.63, 3.8) is 0 Å². The van der Waals surface area contributed by atoms with Gasteiger partial charge in [-0.3, -0.25) is 9.59 Å². The molecular weight excluding hydrogens is 274 g/mol. The molecule has 0 unspecified atom stereocenters. The predicted octanol–water partition coefficient (Wildman–Crippen LogP) is 4.29. The molecule has 22 heavy (non-hydrogen) atoms. The molecule has 0 heterocycles. The van der Waals surface area contributed by atoms with Gasteiger partial charge in [0.25, 0.3) is 5.91 Å². The molecule has 108 valence electrons. The van der Waals surface area contributed by atoms with E-state index in [-0.39, 0.29) is 11.7 Å². The van der Waals surface area contributed by atoms with Gasteiger partial charge in [-0.05, 0) is 42.0 Å². The summed E-state index contributed by atoms with van der Waals surface area (Å²) in [7, 11) is 0. The molecule has 0 saturated heterocycles. The number of benzene rings is 3. The van der Waals surface area contributed by atoms with Gasteiger partial charge in [0.1, 0.15) is 0 Å². The molecule has 0 atom stereocenters. The molecule has 3 rings (SSSR count). The van der Waals surface area contributed by atoms with Crippen LogP contribution in [0.1, 0.15) is 27.6 Å². The molecule has 3 nitrogen and oxygen atoms in total. The highest BCUT2D eigenvalue weighted by Crippen LogP contribution is 2.24. The van der Waals surface area contributed by atoms with Crippen LogP contribution in [-0.2, 0) is 0 Å². The van der Waals surface area contributed by atoms with Crippen molar-refractivity contribution in [3.05, 3.63) is 77.9 Å². The van der Waals surface area contributed by atoms with Crippen LogP contribution in [0.5, 0.6) is 0 Å². The Morgan fingerprint density at radius 2 is 1.27 bits per heavy atom. The first kappa shape index (κ1) is 14.0. The molecule has 0 bridgehead atoms. The zero-order valence-electron chi connectivity index (χ0n) is 12.2. The van der Waals surface area contributed by atoms with Crippen LogP contribution < -0.4 is 5.32 Å². The maximum absolute atomic E-state index is 12.5. The Labute approximate surface area is 128 Å². The van der Waals surface area contributed by atoms with Crippen LogP contribution in [0.4, 0.5) is 5.69 Å². The number of para-hydroxylation sites is 1. The molecule has 0 aliphatic rings. The van der Waals surface area contributed by atoms with Crippen LogP contribution in [-0.4, -0.2) is 11.7 Å². The molecule has 0 spiro atoms. The fraction of sp³-hybridized carbons (Fsp3) is 0.0526. The summed E-state index contributed by atoms with van der Waals surface area (Å²) < 4.78 is 0. The standard InChI is InChI=1S/C19H15NO2/c1-13(21)15-11-12-18(17-10-6-5-9-16(15)17)19(22)20-14-7-3-2-4-8-14/h2-12H,1H3,(H,20,22). The topological polar surface area (TPSA) is 46.2 Å². The van der Waals surface area contributed by atoms with E-state index < -0.39 is 0 Å². The fourth-order valence-corrected chi connectivity index (χ4v) is 2.52. The maximum Gasteiger partial charge on any atom is 0.256 e. The normalized spacial score (nSPS) is 10.4. The van der Waals surface area contributed by atoms with Gasteiger partial charge in [0.05, 0.1) is 0 Å². The molecular formula is C19H15NO2. The van der Waals surface area contributed by atoms with Crippen molar-refractivity contribution in [2.24, 2.45) is 0 Å². The summed E-state index contributed by atoms with van der Waals surface area (Å²) in [5, 5.41) is 4.46. The number of amides is 1. The molecule has 0 aromatic heterocycles. The van der Waals surface area contributed by atoms with Crippen molar-refractivity contribution in [1.82, 2.24) is 0 Å². The van der Waals surface area contributed by atoms with Gasteiger partial charge in [-0.25, -0.2) is 0 Å². The third-order valence-corrected chi connectivity index (χ3v) is 3.58. The summed E-state index contributed by atoms with van der Waals surface area (Å²) in [5.41, 5.74) is 1.93. The first-order chi connectivity index (χ1) is 10.7. The number of hydrogen-bond acceptors (Lipinski definition) is 2. The van der Waals surface area contributed by atoms with E-state index >= 15 is 0 Å². The van der Waals surface area contributed by atoms with Gasteiger partial charge in [0, 0.05) is 16.8 Å². The number of ketones is 1. The summed E-state index contributed by atoms with van der Waals surface area (Å²) in [6.07, 6.45) is 0. The first-order valence-electron chi connectivity index (χ1n) is 7.06. The van der Waals surface area contributed by atoms with Crippen molar-refractivity contribution in [3.8, 4) is 0 Å². The average molecular weight is 289 g/mol. The molecule has 0 aliphatic heterocycles. The molecule has 0 radical (unpaired) electrons. The number of carbonyl (C=O) groups excluding carboxylic acids is 2. The Morgan fingerprint density at radius 3 is 1.91 bits per heavy atom. The van der Waals surface area contributed by atoms with Crippen molar-refractivity contribution in [2.75, 3.05) is 5.32 Å². The first-order valence-corrected chi connectivity index (χ1v) is 7.06. The smallest absolute Gasteiger partial charge is 0.256 e. The van der Waals surface area contributed by atoms with Gasteiger partial charge in [-0.1, -0.05) is 42.5 Å². The van der Waals surface area contributed by atoms with Gasteiger partial charge in [-0.2, -0.15) is 0 Å². The van der Waals surface area contributed by atoms with Crippen LogP contribution >= 0.6 is 0 Å². The van der Waals surface area contributed by atoms with Crippen LogP contribution in [0.2, 0.25) is 0 Å². The molecule has 3 heteroatoms. The van der Waals surface area contributed by atoms with Crippen molar-refractivity contribution >= 4 is 28.2 Å². The number of anilines is 1. The molecule has 0 aliphatic carbocycles. The van der Waals surface area contributed by atoms with Gasteiger partial charge >= 0.3 is 0 Å². The molecule has 1 amide bonds. The van der Waals surface area contributed by atoms with Crippen molar-refractivity contribution in [2.45, 2.75) is 6.92 Å². The average Bonchev–Trinajstić information content (AvgIpc) is 2.54. The Hall–Kier alpha value is -2.94. The number of fused-ring (bicyclic) bond motifs is 1. The van der Waals surface area contributed by atoms with Gasteiger partial charge in [0.15, 0.2) is 5.78 Å². The Bertz CT molecular complexity index is 854. The lowest BCUT2D eigenvalue weighted by Crippen LogP contribution is -2.12. The molecule has 3 aromatic rings. The van der Waals surface area contributed by atoms with E-state index in [4.69, 9.17) is 0 Å². The quantitative estimate of drug-likeness (QED) is 0.731. The Balaban J connectivity index is 2.06. The van der Waals surface area contributed by atoms with E-state index in [2.05, 4.69) is 5.32 Å². The highest BCUT2D eigenvalue weighted by atomic mass is 16.1. The predicted molar refractivity (Wildman–Crippen MR) is 88.3 cm³/mol. The Kier molecular flexibility index (Phi) is 3.71. The zero-order chi connectivity index (χ0) is 15.5. The largest absolute Gasteiger partial charge is 0.322 e. The van der Waals surface area contributed by atoms with Gasteiger partial charge in [-0.15, -0.1) is 0 Å². The van der Waals surface area contributed by atoms with Crippen molar-refractivity contribution < 1.29 is 9.59 Å². The van der Waals surface area contributed by atoms with E-state index in [1.807, 2.05) is 54.6 Å². The third-order valence-electron chi connectivity index (χ3n) is 3.58. The van der Waals surface area contributed by atoms with Crippen LogP contribution in [0.3, 0.4) is 0 Å². The fourth-order valence-electron chi connectivity index (χ4n) is 2.52. The molecule has 1 N–H and O–H groups in total. The molecule has 3 aromatic carbocycles. The van der Waals surface area contributed by atoms with Gasteiger partial charge in [0.2, 0.25) is 0 Å². The lowest BCUT2D eigenvalue weighted by molar-refractivity contribution is 0.101. The Morgan fingerprint density at radius 1 is 0.727 bits per heavy atom. The van der Waals surface area contributed by atoms with E-state index in [1.165, 1.54) is 6.92 Å². The van der Waals surface area contributed by atoms with E-state index in [0.717, 1.165) is 16.5 Å². The lowest BCUT2D eigenvalue weighted by atomic mass is 9.97. The highest BCUT2D eigenvalue weighted by Gasteiger charge is 2.14. The number of hydrogen-bond donors (Lipinski definition) is 1. The van der Waals surface area contributed by atoms with Crippen LogP contribution in [0.15, 0.2) is 66.7 Å². The summed E-state index contributed by atoms with van der Waals surface area (Å²) in [4.78, 5) is 24.2. The minimum Gasteiger partial charge on any atom is -0.322 e. The third kappa shape index (κ3) is 2.61. The second kappa shape index (κ2) is 5.82. The summed E-state index contributed by atoms with van der Waals surface area (Å²) >= 11 is 0. The summed E-state index contributed by atoms with van der Waals surface area (Å²) in [6.45, 7) is 1.53. The second-order valence-corrected chi connectivity index (χ2v) is 5.08. The number of carbonyl (C=O) groups is 2. The molecule has 0 fully saturated rings. The van der Waals surface area contributed by atoms with E-state index in [0.29, 0.717) is 11.1 Å². The summed E-state index contributed by atoms with van der Waals surface area (Å²) in [6, 6.07) is 20.2. The minimum atomic E-state index is -0.183. The summed E-state index contributed by atoms with van der Waals surface area (Å²) in [5.74, 6) is -0.191. The van der Waals surface area contributed by atoms with Gasteiger partial charge < -0.3 is 5.32 Å². The zero-order valence-corrected chi connectivity index (χ0v) is 12.2. The van der Waals surface area contributed by atoms with Crippen LogP contribution in [0, 0.1) is 0 Å². The SMILES string of the molecule is CC(=O)c1ccc(C(=O)Nc2ccccc2)c2ccccc12. The maximum atomic E-state index is 12.5. The van der Waals surface area contributed by atoms with E-state index in [9.17, 15) is 9.59 Å². The minimum absolute atomic E-state index is 0.00813. The van der Waals surface area contributed by atoms with Crippen molar-refractivity contribution in [1.29, 1.82) is 0 Å².